The highest BCUT2D eigenvalue weighted by Gasteiger charge is 2.17. The highest BCUT2D eigenvalue weighted by molar-refractivity contribution is 7.92. The third-order valence-electron chi connectivity index (χ3n) is 5.09. The summed E-state index contributed by atoms with van der Waals surface area (Å²) < 4.78 is 38.5. The molecule has 0 saturated heterocycles. The summed E-state index contributed by atoms with van der Waals surface area (Å²) >= 11 is 0. The van der Waals surface area contributed by atoms with Gasteiger partial charge < -0.3 is 24.8 Å². The van der Waals surface area contributed by atoms with Crippen molar-refractivity contribution in [2.75, 3.05) is 11.5 Å². The molecule has 0 radical (unpaired) electrons. The van der Waals surface area contributed by atoms with Gasteiger partial charge in [0.1, 0.15) is 0 Å². The molecule has 1 aliphatic heterocycles. The number of carbonyl (C=O) groups is 1. The molecule has 33 heavy (non-hydrogen) atoms. The zero-order valence-electron chi connectivity index (χ0n) is 17.0. The van der Waals surface area contributed by atoms with E-state index in [4.69, 9.17) is 9.47 Å². The molecule has 0 unspecified atom stereocenters. The molecule has 0 saturated carbocycles. The van der Waals surface area contributed by atoms with Crippen LogP contribution in [0.1, 0.15) is 15.9 Å². The first-order chi connectivity index (χ1) is 15.9. The van der Waals surface area contributed by atoms with E-state index in [1.807, 2.05) is 6.07 Å². The Morgan fingerprint density at radius 3 is 2.48 bits per heavy atom. The van der Waals surface area contributed by atoms with Crippen molar-refractivity contribution in [1.82, 2.24) is 15.3 Å². The molecular weight excluding hydrogens is 448 g/mol. The van der Waals surface area contributed by atoms with E-state index in [-0.39, 0.29) is 17.6 Å². The van der Waals surface area contributed by atoms with Gasteiger partial charge >= 0.3 is 5.69 Å². The standard InChI is InChI=1S/C22H18N4O6S/c27-21(23-11-13-1-8-19-20(9-13)32-12-31-19)14-2-4-15(5-3-14)26-33(29,30)16-6-7-17-18(10-16)25-22(28)24-17/h1-10,26H,11-12H2,(H,23,27)(H2,24,25,28). The summed E-state index contributed by atoms with van der Waals surface area (Å²) in [7, 11) is -3.89. The summed E-state index contributed by atoms with van der Waals surface area (Å²) in [4.78, 5) is 28.9. The number of anilines is 1. The average molecular weight is 466 g/mol. The Bertz CT molecular complexity index is 1520. The molecule has 4 aromatic rings. The third kappa shape index (κ3) is 4.26. The lowest BCUT2D eigenvalue weighted by molar-refractivity contribution is 0.0951. The highest BCUT2D eigenvalue weighted by Crippen LogP contribution is 2.32. The number of sulfonamides is 1. The Morgan fingerprint density at radius 1 is 0.909 bits per heavy atom. The summed E-state index contributed by atoms with van der Waals surface area (Å²) in [5.41, 5.74) is 2.01. The number of benzene rings is 3. The number of aromatic amines is 2. The van der Waals surface area contributed by atoms with Crippen molar-refractivity contribution in [3.8, 4) is 11.5 Å². The lowest BCUT2D eigenvalue weighted by Gasteiger charge is -2.10. The van der Waals surface area contributed by atoms with Gasteiger partial charge in [0.15, 0.2) is 11.5 Å². The quantitative estimate of drug-likeness (QED) is 0.344. The first kappa shape index (κ1) is 20.6. The molecule has 2 heterocycles. The molecule has 5 rings (SSSR count). The Labute approximate surface area is 187 Å². The predicted molar refractivity (Wildman–Crippen MR) is 120 cm³/mol. The molecule has 3 aromatic carbocycles. The number of rotatable bonds is 6. The Kier molecular flexibility index (Phi) is 5.02. The largest absolute Gasteiger partial charge is 0.454 e. The van der Waals surface area contributed by atoms with Crippen molar-refractivity contribution in [1.29, 1.82) is 0 Å². The molecule has 0 bridgehead atoms. The van der Waals surface area contributed by atoms with Crippen molar-refractivity contribution in [2.24, 2.45) is 0 Å². The topological polar surface area (TPSA) is 142 Å². The minimum absolute atomic E-state index is 0.00389. The molecule has 10 nitrogen and oxygen atoms in total. The maximum Gasteiger partial charge on any atom is 0.323 e. The summed E-state index contributed by atoms with van der Waals surface area (Å²) in [5, 5.41) is 2.81. The smallest absolute Gasteiger partial charge is 0.323 e. The molecule has 0 spiro atoms. The van der Waals surface area contributed by atoms with E-state index < -0.39 is 15.7 Å². The second-order valence-electron chi connectivity index (χ2n) is 7.34. The third-order valence-corrected chi connectivity index (χ3v) is 6.47. The molecule has 11 heteroatoms. The van der Waals surface area contributed by atoms with Crippen molar-refractivity contribution in [3.63, 3.8) is 0 Å². The van der Waals surface area contributed by atoms with Gasteiger partial charge in [0.2, 0.25) is 6.79 Å². The van der Waals surface area contributed by atoms with Gasteiger partial charge in [-0.15, -0.1) is 0 Å². The lowest BCUT2D eigenvalue weighted by Crippen LogP contribution is -2.22. The van der Waals surface area contributed by atoms with Crippen LogP contribution in [-0.4, -0.2) is 31.1 Å². The van der Waals surface area contributed by atoms with Crippen molar-refractivity contribution < 1.29 is 22.7 Å². The van der Waals surface area contributed by atoms with E-state index in [0.717, 1.165) is 5.56 Å². The normalized spacial score (nSPS) is 12.6. The number of aromatic nitrogens is 2. The van der Waals surface area contributed by atoms with E-state index in [1.54, 1.807) is 12.1 Å². The van der Waals surface area contributed by atoms with Crippen LogP contribution in [-0.2, 0) is 16.6 Å². The van der Waals surface area contributed by atoms with Crippen LogP contribution in [0.2, 0.25) is 0 Å². The molecule has 1 aromatic heterocycles. The first-order valence-electron chi connectivity index (χ1n) is 9.89. The number of hydrogen-bond acceptors (Lipinski definition) is 6. The summed E-state index contributed by atoms with van der Waals surface area (Å²) in [6.07, 6.45) is 0. The fourth-order valence-electron chi connectivity index (χ4n) is 3.42. The second kappa shape index (κ2) is 8.02. The maximum absolute atomic E-state index is 12.7. The van der Waals surface area contributed by atoms with Crippen LogP contribution in [0, 0.1) is 0 Å². The van der Waals surface area contributed by atoms with Crippen LogP contribution < -0.4 is 25.2 Å². The van der Waals surface area contributed by atoms with Gasteiger partial charge in [0.25, 0.3) is 15.9 Å². The number of H-pyrrole nitrogens is 2. The summed E-state index contributed by atoms with van der Waals surface area (Å²) in [5.74, 6) is 1.01. The first-order valence-corrected chi connectivity index (χ1v) is 11.4. The van der Waals surface area contributed by atoms with Gasteiger partial charge in [-0.1, -0.05) is 6.07 Å². The van der Waals surface area contributed by atoms with Gasteiger partial charge in [-0.05, 0) is 60.2 Å². The summed E-state index contributed by atoms with van der Waals surface area (Å²) in [6, 6.07) is 15.8. The van der Waals surface area contributed by atoms with Crippen molar-refractivity contribution in [3.05, 3.63) is 82.3 Å². The average Bonchev–Trinajstić information content (AvgIpc) is 3.42. The summed E-state index contributed by atoms with van der Waals surface area (Å²) in [6.45, 7) is 0.481. The molecular formula is C22H18N4O6S. The number of hydrogen-bond donors (Lipinski definition) is 4. The van der Waals surface area contributed by atoms with Gasteiger partial charge in [-0.2, -0.15) is 0 Å². The van der Waals surface area contributed by atoms with Gasteiger partial charge in [-0.3, -0.25) is 9.52 Å². The molecule has 0 fully saturated rings. The van der Waals surface area contributed by atoms with Crippen LogP contribution in [0.25, 0.3) is 11.0 Å². The molecule has 1 amide bonds. The van der Waals surface area contributed by atoms with E-state index in [2.05, 4.69) is 20.0 Å². The second-order valence-corrected chi connectivity index (χ2v) is 9.02. The maximum atomic E-state index is 12.7. The molecule has 1 aliphatic rings. The fourth-order valence-corrected chi connectivity index (χ4v) is 4.50. The van der Waals surface area contributed by atoms with Crippen LogP contribution in [0.15, 0.2) is 70.4 Å². The predicted octanol–water partition coefficient (Wildman–Crippen LogP) is 2.32. The minimum atomic E-state index is -3.89. The Hall–Kier alpha value is -4.25. The monoisotopic (exact) mass is 466 g/mol. The number of ether oxygens (including phenoxy) is 2. The van der Waals surface area contributed by atoms with Crippen LogP contribution in [0.4, 0.5) is 5.69 Å². The van der Waals surface area contributed by atoms with E-state index in [9.17, 15) is 18.0 Å². The number of amides is 1. The van der Waals surface area contributed by atoms with Crippen LogP contribution >= 0.6 is 0 Å². The zero-order chi connectivity index (χ0) is 23.0. The highest BCUT2D eigenvalue weighted by atomic mass is 32.2. The SMILES string of the molecule is O=C(NCc1ccc2c(c1)OCO2)c1ccc(NS(=O)(=O)c2ccc3[nH]c(=O)[nH]c3c2)cc1. The van der Waals surface area contributed by atoms with E-state index >= 15 is 0 Å². The van der Waals surface area contributed by atoms with Gasteiger partial charge in [0.05, 0.1) is 15.9 Å². The Morgan fingerprint density at radius 2 is 1.67 bits per heavy atom. The number of carbonyl (C=O) groups excluding carboxylic acids is 1. The Balaban J connectivity index is 1.24. The molecule has 4 N–H and O–H groups in total. The van der Waals surface area contributed by atoms with Crippen LogP contribution in [0.5, 0.6) is 11.5 Å². The molecule has 168 valence electrons. The minimum Gasteiger partial charge on any atom is -0.454 e. The number of fused-ring (bicyclic) bond motifs is 2. The van der Waals surface area contributed by atoms with Crippen molar-refractivity contribution in [2.45, 2.75) is 11.4 Å². The van der Waals surface area contributed by atoms with Gasteiger partial charge in [-0.25, -0.2) is 13.2 Å². The van der Waals surface area contributed by atoms with E-state index in [1.165, 1.54) is 42.5 Å². The molecule has 0 aliphatic carbocycles. The molecule has 0 atom stereocenters. The number of imidazole rings is 1. The van der Waals surface area contributed by atoms with Gasteiger partial charge in [0, 0.05) is 17.8 Å². The fraction of sp³-hybridized carbons (Fsp3) is 0.0909. The zero-order valence-corrected chi connectivity index (χ0v) is 17.9. The van der Waals surface area contributed by atoms with E-state index in [0.29, 0.717) is 40.3 Å². The van der Waals surface area contributed by atoms with Crippen LogP contribution in [0.3, 0.4) is 0 Å². The lowest BCUT2D eigenvalue weighted by atomic mass is 10.1. The van der Waals surface area contributed by atoms with Crippen molar-refractivity contribution >= 4 is 32.7 Å². The number of nitrogens with one attached hydrogen (secondary N) is 4.